The molecule has 0 aromatic rings. The number of nitrogens with one attached hydrogen (secondary N) is 2. The van der Waals surface area contributed by atoms with Crippen LogP contribution in [0.4, 0.5) is 4.79 Å². The van der Waals surface area contributed by atoms with Gasteiger partial charge in [0, 0.05) is 19.2 Å². The summed E-state index contributed by atoms with van der Waals surface area (Å²) < 4.78 is 5.11. The number of carbonyl (C=O) groups is 2. The van der Waals surface area contributed by atoms with Crippen LogP contribution in [0.2, 0.25) is 0 Å². The van der Waals surface area contributed by atoms with E-state index in [1.54, 1.807) is 0 Å². The standard InChI is InChI=1S/C12H22N2O4/c1-2-18-8-7-13-12(17)14-10-5-3-9(4-6-10)11(15)16/h9-10H,2-8H2,1H3,(H,15,16)(H2,13,14,17). The van der Waals surface area contributed by atoms with Gasteiger partial charge in [-0.15, -0.1) is 0 Å². The predicted octanol–water partition coefficient (Wildman–Crippen LogP) is 0.965. The van der Waals surface area contributed by atoms with Crippen molar-refractivity contribution in [2.75, 3.05) is 19.8 Å². The molecular weight excluding hydrogens is 236 g/mol. The lowest BCUT2D eigenvalue weighted by Gasteiger charge is -2.26. The summed E-state index contributed by atoms with van der Waals surface area (Å²) in [6.07, 6.45) is 2.74. The number of hydrogen-bond acceptors (Lipinski definition) is 3. The molecule has 1 fully saturated rings. The van der Waals surface area contributed by atoms with Gasteiger partial charge in [-0.25, -0.2) is 4.79 Å². The third-order valence-electron chi connectivity index (χ3n) is 3.15. The summed E-state index contributed by atoms with van der Waals surface area (Å²) in [5.41, 5.74) is 0. The number of carboxylic acids is 1. The maximum atomic E-state index is 11.5. The van der Waals surface area contributed by atoms with Crippen LogP contribution >= 0.6 is 0 Å². The van der Waals surface area contributed by atoms with Crippen molar-refractivity contribution in [3.05, 3.63) is 0 Å². The van der Waals surface area contributed by atoms with Crippen LogP contribution in [0.5, 0.6) is 0 Å². The second-order valence-corrected chi connectivity index (χ2v) is 4.48. The Bertz CT molecular complexity index is 275. The monoisotopic (exact) mass is 258 g/mol. The molecule has 0 atom stereocenters. The lowest BCUT2D eigenvalue weighted by molar-refractivity contribution is -0.142. The topological polar surface area (TPSA) is 87.7 Å². The van der Waals surface area contributed by atoms with E-state index in [4.69, 9.17) is 9.84 Å². The van der Waals surface area contributed by atoms with E-state index in [1.807, 2.05) is 6.92 Å². The molecule has 18 heavy (non-hydrogen) atoms. The zero-order valence-corrected chi connectivity index (χ0v) is 10.8. The third kappa shape index (κ3) is 5.35. The first-order valence-corrected chi connectivity index (χ1v) is 6.48. The van der Waals surface area contributed by atoms with E-state index in [2.05, 4.69) is 10.6 Å². The van der Waals surface area contributed by atoms with Crippen molar-refractivity contribution in [2.24, 2.45) is 5.92 Å². The van der Waals surface area contributed by atoms with Gasteiger partial charge in [0.05, 0.1) is 12.5 Å². The molecular formula is C12H22N2O4. The van der Waals surface area contributed by atoms with Gasteiger partial charge in [0.25, 0.3) is 0 Å². The molecule has 104 valence electrons. The van der Waals surface area contributed by atoms with E-state index in [-0.39, 0.29) is 18.0 Å². The quantitative estimate of drug-likeness (QED) is 0.619. The van der Waals surface area contributed by atoms with Gasteiger partial charge in [0.15, 0.2) is 0 Å². The summed E-state index contributed by atoms with van der Waals surface area (Å²) in [4.78, 5) is 22.3. The second-order valence-electron chi connectivity index (χ2n) is 4.48. The van der Waals surface area contributed by atoms with Gasteiger partial charge < -0.3 is 20.5 Å². The molecule has 0 aromatic heterocycles. The summed E-state index contributed by atoms with van der Waals surface area (Å²) in [5.74, 6) is -0.973. The van der Waals surface area contributed by atoms with Crippen molar-refractivity contribution >= 4 is 12.0 Å². The van der Waals surface area contributed by atoms with Crippen molar-refractivity contribution in [1.29, 1.82) is 0 Å². The summed E-state index contributed by atoms with van der Waals surface area (Å²) in [5, 5.41) is 14.4. The molecule has 0 saturated heterocycles. The van der Waals surface area contributed by atoms with Gasteiger partial charge in [0.2, 0.25) is 0 Å². The third-order valence-corrected chi connectivity index (χ3v) is 3.15. The molecule has 0 bridgehead atoms. The Labute approximate surface area is 107 Å². The smallest absolute Gasteiger partial charge is 0.315 e. The molecule has 2 amide bonds. The van der Waals surface area contributed by atoms with Crippen molar-refractivity contribution in [3.63, 3.8) is 0 Å². The Morgan fingerprint density at radius 2 is 1.94 bits per heavy atom. The second kappa shape index (κ2) is 7.92. The van der Waals surface area contributed by atoms with Crippen molar-refractivity contribution < 1.29 is 19.4 Å². The SMILES string of the molecule is CCOCCNC(=O)NC1CCC(C(=O)O)CC1. The summed E-state index contributed by atoms with van der Waals surface area (Å²) >= 11 is 0. The van der Waals surface area contributed by atoms with Crippen LogP contribution in [-0.2, 0) is 9.53 Å². The highest BCUT2D eigenvalue weighted by Crippen LogP contribution is 2.24. The molecule has 0 aliphatic heterocycles. The van der Waals surface area contributed by atoms with Crippen LogP contribution in [0.3, 0.4) is 0 Å². The van der Waals surface area contributed by atoms with E-state index in [1.165, 1.54) is 0 Å². The summed E-state index contributed by atoms with van der Waals surface area (Å²) in [7, 11) is 0. The fraction of sp³-hybridized carbons (Fsp3) is 0.833. The van der Waals surface area contributed by atoms with Crippen LogP contribution < -0.4 is 10.6 Å². The molecule has 0 aromatic carbocycles. The van der Waals surface area contributed by atoms with Crippen LogP contribution in [0, 0.1) is 5.92 Å². The molecule has 0 heterocycles. The van der Waals surface area contributed by atoms with Crippen LogP contribution in [-0.4, -0.2) is 42.9 Å². The fourth-order valence-corrected chi connectivity index (χ4v) is 2.10. The Kier molecular flexibility index (Phi) is 6.49. The molecule has 1 aliphatic carbocycles. The summed E-state index contributed by atoms with van der Waals surface area (Å²) in [6.45, 7) is 3.54. The number of carbonyl (C=O) groups excluding carboxylic acids is 1. The number of urea groups is 1. The number of rotatable bonds is 6. The maximum Gasteiger partial charge on any atom is 0.315 e. The minimum Gasteiger partial charge on any atom is -0.481 e. The maximum absolute atomic E-state index is 11.5. The average molecular weight is 258 g/mol. The van der Waals surface area contributed by atoms with E-state index in [0.29, 0.717) is 32.6 Å². The molecule has 1 rings (SSSR count). The highest BCUT2D eigenvalue weighted by Gasteiger charge is 2.26. The molecule has 0 radical (unpaired) electrons. The van der Waals surface area contributed by atoms with Gasteiger partial charge in [-0.3, -0.25) is 4.79 Å². The number of aliphatic carboxylic acids is 1. The fourth-order valence-electron chi connectivity index (χ4n) is 2.10. The van der Waals surface area contributed by atoms with Crippen molar-refractivity contribution in [3.8, 4) is 0 Å². The zero-order chi connectivity index (χ0) is 13.4. The van der Waals surface area contributed by atoms with Crippen LogP contribution in [0.25, 0.3) is 0 Å². The number of carboxylic acid groups (broad SMARTS) is 1. The van der Waals surface area contributed by atoms with E-state index < -0.39 is 5.97 Å². The van der Waals surface area contributed by atoms with Crippen molar-refractivity contribution in [1.82, 2.24) is 10.6 Å². The normalized spacial score (nSPS) is 23.4. The molecule has 1 aliphatic rings. The molecule has 6 heteroatoms. The van der Waals surface area contributed by atoms with Crippen molar-refractivity contribution in [2.45, 2.75) is 38.6 Å². The number of hydrogen-bond donors (Lipinski definition) is 3. The van der Waals surface area contributed by atoms with Gasteiger partial charge in [-0.1, -0.05) is 0 Å². The van der Waals surface area contributed by atoms with Crippen LogP contribution in [0.15, 0.2) is 0 Å². The Balaban J connectivity index is 2.12. The number of amides is 2. The van der Waals surface area contributed by atoms with E-state index in [9.17, 15) is 9.59 Å². The highest BCUT2D eigenvalue weighted by atomic mass is 16.5. The molecule has 1 saturated carbocycles. The highest BCUT2D eigenvalue weighted by molar-refractivity contribution is 5.74. The zero-order valence-electron chi connectivity index (χ0n) is 10.8. The van der Waals surface area contributed by atoms with E-state index in [0.717, 1.165) is 12.8 Å². The van der Waals surface area contributed by atoms with Gasteiger partial charge in [-0.2, -0.15) is 0 Å². The summed E-state index contributed by atoms with van der Waals surface area (Å²) in [6, 6.07) is -0.110. The van der Waals surface area contributed by atoms with E-state index >= 15 is 0 Å². The van der Waals surface area contributed by atoms with Crippen LogP contribution in [0.1, 0.15) is 32.6 Å². The minimum atomic E-state index is -0.727. The molecule has 6 nitrogen and oxygen atoms in total. The van der Waals surface area contributed by atoms with Gasteiger partial charge in [0.1, 0.15) is 0 Å². The Morgan fingerprint density at radius 1 is 1.28 bits per heavy atom. The molecule has 3 N–H and O–H groups in total. The average Bonchev–Trinajstić information content (AvgIpc) is 2.35. The lowest BCUT2D eigenvalue weighted by atomic mass is 9.86. The predicted molar refractivity (Wildman–Crippen MR) is 66.4 cm³/mol. The molecule has 0 spiro atoms. The first kappa shape index (κ1) is 14.8. The molecule has 0 unspecified atom stereocenters. The Morgan fingerprint density at radius 3 is 2.50 bits per heavy atom. The van der Waals surface area contributed by atoms with Gasteiger partial charge >= 0.3 is 12.0 Å². The van der Waals surface area contributed by atoms with Gasteiger partial charge in [-0.05, 0) is 32.6 Å². The first-order chi connectivity index (χ1) is 8.63. The largest absolute Gasteiger partial charge is 0.481 e. The first-order valence-electron chi connectivity index (χ1n) is 6.48. The number of ether oxygens (including phenoxy) is 1. The minimum absolute atomic E-state index is 0.0905. The Hall–Kier alpha value is -1.30. The lowest BCUT2D eigenvalue weighted by Crippen LogP contribution is -2.45.